The fourth-order valence-electron chi connectivity index (χ4n) is 2.65. The number of aryl methyl sites for hydroxylation is 1. The number of aromatic amines is 2. The van der Waals surface area contributed by atoms with Crippen LogP contribution in [0, 0.1) is 6.92 Å². The highest BCUT2D eigenvalue weighted by Gasteiger charge is 2.24. The molecule has 0 unspecified atom stereocenters. The van der Waals surface area contributed by atoms with Crippen LogP contribution in [0.25, 0.3) is 0 Å². The molecule has 8 heteroatoms. The van der Waals surface area contributed by atoms with Crippen LogP contribution in [0.1, 0.15) is 31.5 Å². The van der Waals surface area contributed by atoms with Crippen LogP contribution in [0.15, 0.2) is 23.1 Å². The summed E-state index contributed by atoms with van der Waals surface area (Å²) in [6, 6.07) is 3.79. The molecule has 122 valence electrons. The first-order valence-corrected chi connectivity index (χ1v) is 8.29. The van der Waals surface area contributed by atoms with Gasteiger partial charge in [-0.2, -0.15) is 0 Å². The van der Waals surface area contributed by atoms with Crippen LogP contribution in [-0.4, -0.2) is 57.8 Å². The average Bonchev–Trinajstić information content (AvgIpc) is 3.07. The summed E-state index contributed by atoms with van der Waals surface area (Å²) in [6.45, 7) is 4.13. The largest absolute Gasteiger partial charge is 0.336 e. The van der Waals surface area contributed by atoms with E-state index >= 15 is 0 Å². The number of amides is 2. The lowest BCUT2D eigenvalue weighted by molar-refractivity contribution is 0.0718. The van der Waals surface area contributed by atoms with E-state index in [1.54, 1.807) is 9.80 Å². The molecule has 0 spiro atoms. The lowest BCUT2D eigenvalue weighted by atomic mass is 10.3. The predicted molar refractivity (Wildman–Crippen MR) is 86.9 cm³/mol. The van der Waals surface area contributed by atoms with Gasteiger partial charge in [0.1, 0.15) is 5.69 Å². The zero-order valence-corrected chi connectivity index (χ0v) is 13.6. The maximum Gasteiger partial charge on any atom is 0.323 e. The molecule has 1 fully saturated rings. The maximum absolute atomic E-state index is 12.5. The number of carbonyl (C=O) groups excluding carboxylic acids is 2. The zero-order chi connectivity index (χ0) is 16.4. The summed E-state index contributed by atoms with van der Waals surface area (Å²) in [4.78, 5) is 46.2. The highest BCUT2D eigenvalue weighted by Crippen LogP contribution is 2.18. The molecular formula is C15H18N4O3S. The smallest absolute Gasteiger partial charge is 0.323 e. The molecule has 3 rings (SSSR count). The second-order valence-electron chi connectivity index (χ2n) is 5.50. The lowest BCUT2D eigenvalue weighted by Crippen LogP contribution is -2.37. The molecule has 0 aliphatic carbocycles. The van der Waals surface area contributed by atoms with Crippen molar-refractivity contribution in [1.29, 1.82) is 0 Å². The normalized spacial score (nSPS) is 15.5. The van der Waals surface area contributed by atoms with Crippen molar-refractivity contribution in [3.63, 3.8) is 0 Å². The molecule has 0 atom stereocenters. The average molecular weight is 334 g/mol. The molecule has 0 aromatic carbocycles. The fourth-order valence-corrected chi connectivity index (χ4v) is 3.48. The third-order valence-corrected chi connectivity index (χ3v) is 4.84. The summed E-state index contributed by atoms with van der Waals surface area (Å²) in [6.07, 6.45) is 2.10. The summed E-state index contributed by atoms with van der Waals surface area (Å²) in [7, 11) is 0. The van der Waals surface area contributed by atoms with Crippen LogP contribution in [0.5, 0.6) is 0 Å². The minimum atomic E-state index is -0.395. The van der Waals surface area contributed by atoms with Gasteiger partial charge in [0, 0.05) is 37.3 Å². The summed E-state index contributed by atoms with van der Waals surface area (Å²) < 4.78 is 0. The van der Waals surface area contributed by atoms with E-state index in [1.165, 1.54) is 17.5 Å². The number of carbonyl (C=O) groups is 2. The lowest BCUT2D eigenvalue weighted by Gasteiger charge is -2.21. The van der Waals surface area contributed by atoms with E-state index in [1.807, 2.05) is 19.1 Å². The number of imidazole rings is 1. The second kappa shape index (κ2) is 6.41. The van der Waals surface area contributed by atoms with Crippen molar-refractivity contribution in [2.45, 2.75) is 13.3 Å². The van der Waals surface area contributed by atoms with E-state index in [0.717, 1.165) is 16.2 Å². The van der Waals surface area contributed by atoms with Gasteiger partial charge in [0.25, 0.3) is 11.8 Å². The van der Waals surface area contributed by atoms with Crippen LogP contribution in [0.4, 0.5) is 0 Å². The minimum Gasteiger partial charge on any atom is -0.336 e. The zero-order valence-electron chi connectivity index (χ0n) is 12.8. The third-order valence-electron chi connectivity index (χ3n) is 3.85. The number of thiophene rings is 1. The Labute approximate surface area is 136 Å². The van der Waals surface area contributed by atoms with Gasteiger partial charge in [-0.1, -0.05) is 0 Å². The number of aromatic nitrogens is 2. The Morgan fingerprint density at radius 3 is 2.35 bits per heavy atom. The Morgan fingerprint density at radius 2 is 1.78 bits per heavy atom. The Balaban J connectivity index is 1.66. The molecule has 2 N–H and O–H groups in total. The van der Waals surface area contributed by atoms with Gasteiger partial charge >= 0.3 is 5.69 Å². The van der Waals surface area contributed by atoms with Crippen molar-refractivity contribution >= 4 is 23.2 Å². The SMILES string of the molecule is Cc1ccc(C(=O)N2CCCN(C(=O)c3c[nH]c(=O)[nH]3)CC2)s1. The predicted octanol–water partition coefficient (Wildman–Crippen LogP) is 1.06. The molecule has 3 heterocycles. The Morgan fingerprint density at radius 1 is 1.09 bits per heavy atom. The molecule has 0 saturated carbocycles. The number of H-pyrrole nitrogens is 2. The van der Waals surface area contributed by atoms with Gasteiger partial charge in [-0.05, 0) is 25.5 Å². The molecule has 2 aromatic rings. The fraction of sp³-hybridized carbons (Fsp3) is 0.400. The molecule has 1 aliphatic heterocycles. The number of nitrogens with zero attached hydrogens (tertiary/aromatic N) is 2. The van der Waals surface area contributed by atoms with Gasteiger partial charge in [0.05, 0.1) is 4.88 Å². The molecule has 1 saturated heterocycles. The highest BCUT2D eigenvalue weighted by molar-refractivity contribution is 7.13. The van der Waals surface area contributed by atoms with Gasteiger partial charge in [-0.25, -0.2) is 4.79 Å². The van der Waals surface area contributed by atoms with Crippen LogP contribution in [0.2, 0.25) is 0 Å². The highest BCUT2D eigenvalue weighted by atomic mass is 32.1. The number of hydrogen-bond acceptors (Lipinski definition) is 4. The van der Waals surface area contributed by atoms with Crippen molar-refractivity contribution in [2.24, 2.45) is 0 Å². The summed E-state index contributed by atoms with van der Waals surface area (Å²) in [5, 5.41) is 0. The summed E-state index contributed by atoms with van der Waals surface area (Å²) in [5.41, 5.74) is -0.142. The van der Waals surface area contributed by atoms with Crippen molar-refractivity contribution in [3.05, 3.63) is 44.3 Å². The van der Waals surface area contributed by atoms with E-state index in [9.17, 15) is 14.4 Å². The van der Waals surface area contributed by atoms with E-state index in [0.29, 0.717) is 26.2 Å². The molecule has 1 aliphatic rings. The van der Waals surface area contributed by atoms with Crippen molar-refractivity contribution in [2.75, 3.05) is 26.2 Å². The van der Waals surface area contributed by atoms with E-state index < -0.39 is 5.69 Å². The van der Waals surface area contributed by atoms with Gasteiger partial charge in [0.15, 0.2) is 0 Å². The number of hydrogen-bond donors (Lipinski definition) is 2. The number of nitrogens with one attached hydrogen (secondary N) is 2. The van der Waals surface area contributed by atoms with E-state index in [2.05, 4.69) is 9.97 Å². The van der Waals surface area contributed by atoms with Gasteiger partial charge in [-0.3, -0.25) is 9.59 Å². The van der Waals surface area contributed by atoms with Crippen LogP contribution >= 0.6 is 11.3 Å². The van der Waals surface area contributed by atoms with Crippen molar-refractivity contribution in [3.8, 4) is 0 Å². The Bertz CT molecular complexity index is 776. The monoisotopic (exact) mass is 334 g/mol. The van der Waals surface area contributed by atoms with Crippen LogP contribution in [-0.2, 0) is 0 Å². The molecule has 23 heavy (non-hydrogen) atoms. The molecule has 0 bridgehead atoms. The molecule has 7 nitrogen and oxygen atoms in total. The molecule has 0 radical (unpaired) electrons. The standard InChI is InChI=1S/C15H18N4O3S/c1-10-3-4-12(23-10)14(21)19-6-2-5-18(7-8-19)13(20)11-9-16-15(22)17-11/h3-4,9H,2,5-8H2,1H3,(H2,16,17,22). The van der Waals surface area contributed by atoms with Gasteiger partial charge < -0.3 is 19.8 Å². The van der Waals surface area contributed by atoms with Crippen LogP contribution in [0.3, 0.4) is 0 Å². The topological polar surface area (TPSA) is 89.3 Å². The first-order valence-electron chi connectivity index (χ1n) is 7.47. The molecule has 2 amide bonds. The molecular weight excluding hydrogens is 316 g/mol. The first kappa shape index (κ1) is 15.5. The maximum atomic E-state index is 12.5. The van der Waals surface area contributed by atoms with Crippen molar-refractivity contribution < 1.29 is 9.59 Å². The first-order chi connectivity index (χ1) is 11.0. The summed E-state index contributed by atoms with van der Waals surface area (Å²) in [5.74, 6) is -0.197. The number of rotatable bonds is 2. The second-order valence-corrected chi connectivity index (χ2v) is 6.79. The Hall–Kier alpha value is -2.35. The van der Waals surface area contributed by atoms with Gasteiger partial charge in [-0.15, -0.1) is 11.3 Å². The van der Waals surface area contributed by atoms with Gasteiger partial charge in [0.2, 0.25) is 0 Å². The van der Waals surface area contributed by atoms with E-state index in [4.69, 9.17) is 0 Å². The van der Waals surface area contributed by atoms with Crippen molar-refractivity contribution in [1.82, 2.24) is 19.8 Å². The van der Waals surface area contributed by atoms with E-state index in [-0.39, 0.29) is 17.5 Å². The third kappa shape index (κ3) is 3.37. The quantitative estimate of drug-likeness (QED) is 0.860. The van der Waals surface area contributed by atoms with Crippen LogP contribution < -0.4 is 5.69 Å². The minimum absolute atomic E-state index is 0.0208. The Kier molecular flexibility index (Phi) is 4.33. The molecule has 2 aromatic heterocycles. The summed E-state index contributed by atoms with van der Waals surface area (Å²) >= 11 is 1.49.